The monoisotopic (exact) mass is 227 g/mol. The number of esters is 1. The molecule has 0 aromatic carbocycles. The first-order valence-corrected chi connectivity index (χ1v) is 6.04. The highest BCUT2D eigenvalue weighted by molar-refractivity contribution is 7.10. The number of nitrogens with one attached hydrogen (secondary N) is 1. The predicted molar refractivity (Wildman–Crippen MR) is 62.0 cm³/mol. The Morgan fingerprint density at radius 3 is 3.07 bits per heavy atom. The quantitative estimate of drug-likeness (QED) is 0.758. The van der Waals surface area contributed by atoms with Gasteiger partial charge < -0.3 is 10.1 Å². The molecule has 4 heteroatoms. The number of carbonyl (C=O) groups is 1. The highest BCUT2D eigenvalue weighted by Gasteiger charge is 2.06. The highest BCUT2D eigenvalue weighted by Crippen LogP contribution is 2.17. The summed E-state index contributed by atoms with van der Waals surface area (Å²) in [5.41, 5.74) is 0. The van der Waals surface area contributed by atoms with E-state index in [1.807, 2.05) is 13.0 Å². The number of hydrogen-bond donors (Lipinski definition) is 1. The molecule has 0 aliphatic heterocycles. The molecule has 1 rings (SSSR count). The molecular weight excluding hydrogens is 210 g/mol. The molecule has 0 saturated heterocycles. The van der Waals surface area contributed by atoms with E-state index in [1.165, 1.54) is 4.88 Å². The zero-order chi connectivity index (χ0) is 11.1. The third-order valence-corrected chi connectivity index (χ3v) is 3.11. The van der Waals surface area contributed by atoms with Crippen molar-refractivity contribution in [2.45, 2.75) is 26.3 Å². The lowest BCUT2D eigenvalue weighted by molar-refractivity contribution is -0.142. The average molecular weight is 227 g/mol. The second kappa shape index (κ2) is 6.58. The van der Waals surface area contributed by atoms with E-state index < -0.39 is 0 Å². The molecule has 0 radical (unpaired) electrons. The predicted octanol–water partition coefficient (Wildman–Crippen LogP) is 2.35. The summed E-state index contributed by atoms with van der Waals surface area (Å²) in [5, 5.41) is 5.34. The summed E-state index contributed by atoms with van der Waals surface area (Å²) < 4.78 is 4.84. The van der Waals surface area contributed by atoms with Crippen molar-refractivity contribution in [3.8, 4) is 0 Å². The van der Waals surface area contributed by atoms with Crippen LogP contribution >= 0.6 is 11.3 Å². The van der Waals surface area contributed by atoms with E-state index in [2.05, 4.69) is 23.7 Å². The fraction of sp³-hybridized carbons (Fsp3) is 0.545. The fourth-order valence-corrected chi connectivity index (χ4v) is 2.02. The van der Waals surface area contributed by atoms with Crippen LogP contribution in [0.25, 0.3) is 0 Å². The lowest BCUT2D eigenvalue weighted by atomic mass is 10.2. The summed E-state index contributed by atoms with van der Waals surface area (Å²) in [6.45, 7) is 5.04. The zero-order valence-electron chi connectivity index (χ0n) is 9.16. The van der Waals surface area contributed by atoms with Crippen LogP contribution in [0.1, 0.15) is 31.2 Å². The van der Waals surface area contributed by atoms with E-state index in [-0.39, 0.29) is 5.97 Å². The molecule has 1 aromatic rings. The molecule has 0 unspecified atom stereocenters. The Bertz CT molecular complexity index is 285. The summed E-state index contributed by atoms with van der Waals surface area (Å²) in [4.78, 5) is 12.3. The Hall–Kier alpha value is -0.870. The van der Waals surface area contributed by atoms with Crippen LogP contribution in [0.15, 0.2) is 17.5 Å². The van der Waals surface area contributed by atoms with E-state index in [9.17, 15) is 4.79 Å². The van der Waals surface area contributed by atoms with Gasteiger partial charge in [-0.25, -0.2) is 0 Å². The summed E-state index contributed by atoms with van der Waals surface area (Å²) in [6, 6.07) is 4.43. The Morgan fingerprint density at radius 2 is 2.47 bits per heavy atom. The molecule has 0 spiro atoms. The van der Waals surface area contributed by atoms with E-state index in [0.29, 0.717) is 25.6 Å². The maximum atomic E-state index is 11.1. The van der Waals surface area contributed by atoms with Gasteiger partial charge >= 0.3 is 5.97 Å². The minimum absolute atomic E-state index is 0.136. The smallest absolute Gasteiger partial charge is 0.307 e. The van der Waals surface area contributed by atoms with Crippen molar-refractivity contribution in [1.82, 2.24) is 5.32 Å². The third-order valence-electron chi connectivity index (χ3n) is 2.05. The molecule has 0 fully saturated rings. The van der Waals surface area contributed by atoms with Gasteiger partial charge in [0.25, 0.3) is 0 Å². The fourth-order valence-electron chi connectivity index (χ4n) is 1.26. The number of ether oxygens (including phenoxy) is 1. The number of hydrogen-bond acceptors (Lipinski definition) is 4. The normalized spacial score (nSPS) is 12.4. The van der Waals surface area contributed by atoms with Crippen LogP contribution in [0.3, 0.4) is 0 Å². The number of thiophene rings is 1. The van der Waals surface area contributed by atoms with Crippen LogP contribution in [-0.4, -0.2) is 19.1 Å². The molecule has 0 amide bonds. The van der Waals surface area contributed by atoms with Gasteiger partial charge in [-0.1, -0.05) is 6.07 Å². The molecular formula is C11H17NO2S. The van der Waals surface area contributed by atoms with Crippen molar-refractivity contribution in [2.75, 3.05) is 13.2 Å². The summed E-state index contributed by atoms with van der Waals surface area (Å²) in [6.07, 6.45) is 0.434. The maximum absolute atomic E-state index is 11.1. The van der Waals surface area contributed by atoms with Gasteiger partial charge in [0.1, 0.15) is 0 Å². The van der Waals surface area contributed by atoms with Crippen LogP contribution in [0.2, 0.25) is 0 Å². The average Bonchev–Trinajstić information content (AvgIpc) is 2.70. The minimum Gasteiger partial charge on any atom is -0.466 e. The van der Waals surface area contributed by atoms with Crippen LogP contribution in [0.4, 0.5) is 0 Å². The highest BCUT2D eigenvalue weighted by atomic mass is 32.1. The first kappa shape index (κ1) is 12.2. The largest absolute Gasteiger partial charge is 0.466 e. The van der Waals surface area contributed by atoms with Crippen molar-refractivity contribution in [1.29, 1.82) is 0 Å². The van der Waals surface area contributed by atoms with Crippen LogP contribution < -0.4 is 5.32 Å². The van der Waals surface area contributed by atoms with Crippen molar-refractivity contribution in [3.05, 3.63) is 22.4 Å². The minimum atomic E-state index is -0.136. The van der Waals surface area contributed by atoms with Gasteiger partial charge in [-0.2, -0.15) is 0 Å². The van der Waals surface area contributed by atoms with Gasteiger partial charge in [0.05, 0.1) is 13.0 Å². The number of rotatable bonds is 6. The SMILES string of the molecule is CCOC(=O)CCN[C@@H](C)c1cccs1. The first-order chi connectivity index (χ1) is 7.24. The van der Waals surface area contributed by atoms with Crippen LogP contribution in [0.5, 0.6) is 0 Å². The van der Waals surface area contributed by atoms with Crippen LogP contribution in [-0.2, 0) is 9.53 Å². The van der Waals surface area contributed by atoms with Crippen LogP contribution in [0, 0.1) is 0 Å². The first-order valence-electron chi connectivity index (χ1n) is 5.16. The van der Waals surface area contributed by atoms with Gasteiger partial charge in [0.2, 0.25) is 0 Å². The Balaban J connectivity index is 2.18. The van der Waals surface area contributed by atoms with Gasteiger partial charge in [-0.3, -0.25) is 4.79 Å². The van der Waals surface area contributed by atoms with Crippen molar-refractivity contribution < 1.29 is 9.53 Å². The lowest BCUT2D eigenvalue weighted by Gasteiger charge is -2.11. The molecule has 0 saturated carbocycles. The van der Waals surface area contributed by atoms with E-state index in [1.54, 1.807) is 11.3 Å². The van der Waals surface area contributed by atoms with Gasteiger partial charge in [-0.15, -0.1) is 11.3 Å². The molecule has 1 aromatic heterocycles. The van der Waals surface area contributed by atoms with Crippen molar-refractivity contribution in [3.63, 3.8) is 0 Å². The molecule has 84 valence electrons. The van der Waals surface area contributed by atoms with Crippen molar-refractivity contribution in [2.24, 2.45) is 0 Å². The maximum Gasteiger partial charge on any atom is 0.307 e. The Labute approximate surface area is 94.5 Å². The lowest BCUT2D eigenvalue weighted by Crippen LogP contribution is -2.22. The zero-order valence-corrected chi connectivity index (χ0v) is 9.97. The molecule has 0 bridgehead atoms. The molecule has 1 N–H and O–H groups in total. The molecule has 0 aliphatic rings. The standard InChI is InChI=1S/C11H17NO2S/c1-3-14-11(13)6-7-12-9(2)10-5-4-8-15-10/h4-5,8-9,12H,3,6-7H2,1-2H3/t9-/m0/s1. The molecule has 1 heterocycles. The molecule has 1 atom stereocenters. The second-order valence-electron chi connectivity index (χ2n) is 3.25. The topological polar surface area (TPSA) is 38.3 Å². The molecule has 15 heavy (non-hydrogen) atoms. The van der Waals surface area contributed by atoms with Crippen molar-refractivity contribution >= 4 is 17.3 Å². The third kappa shape index (κ3) is 4.44. The summed E-state index contributed by atoms with van der Waals surface area (Å²) >= 11 is 1.72. The summed E-state index contributed by atoms with van der Waals surface area (Å²) in [5.74, 6) is -0.136. The van der Waals surface area contributed by atoms with E-state index in [4.69, 9.17) is 4.74 Å². The number of carbonyl (C=O) groups excluding carboxylic acids is 1. The Morgan fingerprint density at radius 1 is 1.67 bits per heavy atom. The van der Waals surface area contributed by atoms with E-state index >= 15 is 0 Å². The molecule has 0 aliphatic carbocycles. The Kier molecular flexibility index (Phi) is 5.36. The summed E-state index contributed by atoms with van der Waals surface area (Å²) in [7, 11) is 0. The van der Waals surface area contributed by atoms with E-state index in [0.717, 1.165) is 0 Å². The van der Waals surface area contributed by atoms with Gasteiger partial charge in [0, 0.05) is 17.5 Å². The van der Waals surface area contributed by atoms with Gasteiger partial charge in [0.15, 0.2) is 0 Å². The van der Waals surface area contributed by atoms with Gasteiger partial charge in [-0.05, 0) is 25.3 Å². The second-order valence-corrected chi connectivity index (χ2v) is 4.23. The molecule has 3 nitrogen and oxygen atoms in total.